The molecule has 1 amide bonds. The summed E-state index contributed by atoms with van der Waals surface area (Å²) in [5, 5.41) is 6.70. The molecular weight excluding hydrogens is 354 g/mol. The maximum Gasteiger partial charge on any atom is 0.226 e. The van der Waals surface area contributed by atoms with Gasteiger partial charge in [0, 0.05) is 37.2 Å². The zero-order chi connectivity index (χ0) is 19.9. The van der Waals surface area contributed by atoms with Gasteiger partial charge in [-0.15, -0.1) is 0 Å². The number of carbonyl (C=O) groups is 1. The van der Waals surface area contributed by atoms with E-state index in [1.807, 2.05) is 56.0 Å². The molecule has 1 saturated heterocycles. The molecule has 1 aromatic carbocycles. The van der Waals surface area contributed by atoms with Crippen molar-refractivity contribution in [1.82, 2.24) is 20.5 Å². The second-order valence-electron chi connectivity index (χ2n) is 7.27. The quantitative estimate of drug-likeness (QED) is 0.592. The number of benzene rings is 1. The van der Waals surface area contributed by atoms with Gasteiger partial charge in [0.15, 0.2) is 5.96 Å². The second kappa shape index (κ2) is 9.39. The zero-order valence-corrected chi connectivity index (χ0v) is 16.8. The van der Waals surface area contributed by atoms with Gasteiger partial charge in [0.25, 0.3) is 0 Å². The third-order valence-corrected chi connectivity index (χ3v) is 4.65. The van der Waals surface area contributed by atoms with E-state index < -0.39 is 0 Å². The van der Waals surface area contributed by atoms with Gasteiger partial charge in [-0.05, 0) is 25.5 Å². The van der Waals surface area contributed by atoms with E-state index in [1.54, 1.807) is 6.26 Å². The summed E-state index contributed by atoms with van der Waals surface area (Å²) in [5.74, 6) is 1.58. The lowest BCUT2D eigenvalue weighted by Crippen LogP contribution is -2.45. The van der Waals surface area contributed by atoms with Crippen LogP contribution in [0.1, 0.15) is 32.9 Å². The van der Waals surface area contributed by atoms with Crippen molar-refractivity contribution in [2.45, 2.75) is 39.8 Å². The molecule has 150 valence electrons. The summed E-state index contributed by atoms with van der Waals surface area (Å²) in [6, 6.07) is 10.0. The minimum absolute atomic E-state index is 0.0339. The number of nitrogens with zero attached hydrogens (tertiary/aromatic N) is 3. The average molecular weight is 383 g/mol. The van der Waals surface area contributed by atoms with Crippen molar-refractivity contribution in [3.63, 3.8) is 0 Å². The molecule has 0 radical (unpaired) electrons. The second-order valence-corrected chi connectivity index (χ2v) is 7.27. The van der Waals surface area contributed by atoms with Crippen LogP contribution in [0.5, 0.6) is 0 Å². The van der Waals surface area contributed by atoms with Gasteiger partial charge < -0.3 is 20.0 Å². The Bertz CT molecular complexity index is 800. The molecule has 0 bridgehead atoms. The Kier molecular flexibility index (Phi) is 6.68. The van der Waals surface area contributed by atoms with Crippen LogP contribution in [-0.4, -0.2) is 47.4 Å². The van der Waals surface area contributed by atoms with Crippen LogP contribution in [0.4, 0.5) is 0 Å². The Morgan fingerprint density at radius 3 is 2.86 bits per heavy atom. The van der Waals surface area contributed by atoms with Gasteiger partial charge >= 0.3 is 0 Å². The van der Waals surface area contributed by atoms with Crippen LogP contribution in [0.15, 0.2) is 46.0 Å². The molecule has 0 spiro atoms. The lowest BCUT2D eigenvalue weighted by Gasteiger charge is -2.20. The van der Waals surface area contributed by atoms with E-state index in [0.29, 0.717) is 19.0 Å². The van der Waals surface area contributed by atoms with Crippen LogP contribution >= 0.6 is 0 Å². The fraction of sp³-hybridized carbons (Fsp3) is 0.476. The molecule has 7 heteroatoms. The topological polar surface area (TPSA) is 82.8 Å². The fourth-order valence-corrected chi connectivity index (χ4v) is 3.21. The molecule has 1 unspecified atom stereocenters. The standard InChI is InChI=1S/C21H29N5O2/c1-4-22-21(25-17-10-11-26(13-17)20(27)15(2)3)23-12-18-14-28-19(24-18)16-8-6-5-7-9-16/h5-9,14-15,17H,4,10-13H2,1-3H3,(H2,22,23,25). The van der Waals surface area contributed by atoms with Gasteiger partial charge in [-0.25, -0.2) is 9.98 Å². The first-order valence-corrected chi connectivity index (χ1v) is 9.90. The third-order valence-electron chi connectivity index (χ3n) is 4.65. The number of likely N-dealkylation sites (tertiary alicyclic amines) is 1. The van der Waals surface area contributed by atoms with Crippen LogP contribution in [0.3, 0.4) is 0 Å². The summed E-state index contributed by atoms with van der Waals surface area (Å²) in [4.78, 5) is 23.2. The van der Waals surface area contributed by atoms with E-state index in [9.17, 15) is 4.79 Å². The minimum atomic E-state index is 0.0339. The van der Waals surface area contributed by atoms with Gasteiger partial charge in [0.1, 0.15) is 12.0 Å². The predicted octanol–water partition coefficient (Wildman–Crippen LogP) is 2.65. The average Bonchev–Trinajstić information content (AvgIpc) is 3.36. The molecule has 1 atom stereocenters. The van der Waals surface area contributed by atoms with E-state index >= 15 is 0 Å². The molecule has 28 heavy (non-hydrogen) atoms. The van der Waals surface area contributed by atoms with Crippen molar-refractivity contribution in [3.05, 3.63) is 42.3 Å². The number of rotatable bonds is 6. The van der Waals surface area contributed by atoms with Crippen LogP contribution in [0.2, 0.25) is 0 Å². The van der Waals surface area contributed by atoms with Crippen molar-refractivity contribution >= 4 is 11.9 Å². The Morgan fingerprint density at radius 2 is 2.14 bits per heavy atom. The number of carbonyl (C=O) groups excluding carboxylic acids is 1. The number of aliphatic imine (C=N–C) groups is 1. The lowest BCUT2D eigenvalue weighted by atomic mass is 10.2. The number of hydrogen-bond acceptors (Lipinski definition) is 4. The number of oxazole rings is 1. The highest BCUT2D eigenvalue weighted by molar-refractivity contribution is 5.81. The smallest absolute Gasteiger partial charge is 0.226 e. The first-order valence-electron chi connectivity index (χ1n) is 9.90. The monoisotopic (exact) mass is 383 g/mol. The molecule has 1 aliphatic rings. The normalized spacial score (nSPS) is 17.2. The van der Waals surface area contributed by atoms with E-state index in [-0.39, 0.29) is 17.9 Å². The Morgan fingerprint density at radius 1 is 1.36 bits per heavy atom. The van der Waals surface area contributed by atoms with Crippen molar-refractivity contribution < 1.29 is 9.21 Å². The van der Waals surface area contributed by atoms with Crippen LogP contribution < -0.4 is 10.6 Å². The molecule has 1 aromatic heterocycles. The summed E-state index contributed by atoms with van der Waals surface area (Å²) in [5.41, 5.74) is 1.72. The molecule has 1 fully saturated rings. The number of amides is 1. The molecule has 0 aliphatic carbocycles. The third kappa shape index (κ3) is 5.12. The van der Waals surface area contributed by atoms with Gasteiger partial charge in [-0.1, -0.05) is 32.0 Å². The molecule has 2 aromatic rings. The predicted molar refractivity (Wildman–Crippen MR) is 110 cm³/mol. The van der Waals surface area contributed by atoms with Crippen molar-refractivity contribution in [3.8, 4) is 11.5 Å². The van der Waals surface area contributed by atoms with Gasteiger partial charge in [0.2, 0.25) is 11.8 Å². The SMILES string of the molecule is CCNC(=NCc1coc(-c2ccccc2)n1)NC1CCN(C(=O)C(C)C)C1. The highest BCUT2D eigenvalue weighted by Crippen LogP contribution is 2.18. The van der Waals surface area contributed by atoms with Crippen molar-refractivity contribution in [2.24, 2.45) is 10.9 Å². The molecule has 7 nitrogen and oxygen atoms in total. The van der Waals surface area contributed by atoms with E-state index in [2.05, 4.69) is 20.6 Å². The molecule has 3 rings (SSSR count). The summed E-state index contributed by atoms with van der Waals surface area (Å²) in [6.07, 6.45) is 2.57. The van der Waals surface area contributed by atoms with Gasteiger partial charge in [-0.3, -0.25) is 4.79 Å². The maximum atomic E-state index is 12.2. The van der Waals surface area contributed by atoms with Crippen molar-refractivity contribution in [2.75, 3.05) is 19.6 Å². The number of aromatic nitrogens is 1. The lowest BCUT2D eigenvalue weighted by molar-refractivity contribution is -0.133. The van der Waals surface area contributed by atoms with Gasteiger partial charge in [0.05, 0.1) is 6.54 Å². The first kappa shape index (κ1) is 19.9. The van der Waals surface area contributed by atoms with Crippen LogP contribution in [-0.2, 0) is 11.3 Å². The van der Waals surface area contributed by atoms with E-state index in [4.69, 9.17) is 4.42 Å². The molecular formula is C21H29N5O2. The van der Waals surface area contributed by atoms with E-state index in [1.165, 1.54) is 0 Å². The summed E-state index contributed by atoms with van der Waals surface area (Å²) >= 11 is 0. The number of nitrogens with one attached hydrogen (secondary N) is 2. The number of hydrogen-bond donors (Lipinski definition) is 2. The molecule has 1 aliphatic heterocycles. The number of guanidine groups is 1. The minimum Gasteiger partial charge on any atom is -0.444 e. The zero-order valence-electron chi connectivity index (χ0n) is 16.8. The largest absolute Gasteiger partial charge is 0.444 e. The summed E-state index contributed by atoms with van der Waals surface area (Å²) < 4.78 is 5.57. The highest BCUT2D eigenvalue weighted by atomic mass is 16.3. The maximum absolute atomic E-state index is 12.2. The first-order chi connectivity index (χ1) is 13.6. The Balaban J connectivity index is 1.59. The summed E-state index contributed by atoms with van der Waals surface area (Å²) in [6.45, 7) is 8.60. The van der Waals surface area contributed by atoms with Crippen LogP contribution in [0.25, 0.3) is 11.5 Å². The Labute approximate surface area is 166 Å². The van der Waals surface area contributed by atoms with Gasteiger partial charge in [-0.2, -0.15) is 0 Å². The van der Waals surface area contributed by atoms with Crippen molar-refractivity contribution in [1.29, 1.82) is 0 Å². The molecule has 2 N–H and O–H groups in total. The molecule has 0 saturated carbocycles. The highest BCUT2D eigenvalue weighted by Gasteiger charge is 2.27. The molecule has 2 heterocycles. The fourth-order valence-electron chi connectivity index (χ4n) is 3.21. The summed E-state index contributed by atoms with van der Waals surface area (Å²) in [7, 11) is 0. The Hall–Kier alpha value is -2.83. The van der Waals surface area contributed by atoms with E-state index in [0.717, 1.165) is 36.7 Å². The van der Waals surface area contributed by atoms with Crippen LogP contribution in [0, 0.1) is 5.92 Å².